The van der Waals surface area contributed by atoms with Gasteiger partial charge in [0.15, 0.2) is 0 Å². The van der Waals surface area contributed by atoms with Crippen LogP contribution in [0.3, 0.4) is 0 Å². The molecule has 7 heterocycles. The molecule has 3 aromatic heterocycles. The molecule has 0 radical (unpaired) electrons. The maximum absolute atomic E-state index is 6.92. The molecule has 1 unspecified atom stereocenters. The number of hydrogen-bond donors (Lipinski definition) is 0. The molecule has 0 bridgehead atoms. The van der Waals surface area contributed by atoms with Crippen LogP contribution in [-0.2, 0) is 0 Å². The number of allylic oxidation sites excluding steroid dienone is 1. The molecule has 4 aliphatic rings. The van der Waals surface area contributed by atoms with E-state index in [9.17, 15) is 0 Å². The molecule has 36 heavy (non-hydrogen) atoms. The number of aromatic nitrogens is 1. The van der Waals surface area contributed by atoms with Gasteiger partial charge in [-0.1, -0.05) is 60.7 Å². The van der Waals surface area contributed by atoms with Gasteiger partial charge in [0, 0.05) is 11.3 Å². The van der Waals surface area contributed by atoms with Gasteiger partial charge in [0.25, 0.3) is 5.84 Å². The van der Waals surface area contributed by atoms with Crippen LogP contribution in [0, 0.1) is 0 Å². The number of hydrogen-bond acceptors (Lipinski definition) is 5. The number of thiophene rings is 2. The lowest BCUT2D eigenvalue weighted by atomic mass is 9.80. The van der Waals surface area contributed by atoms with Crippen molar-refractivity contribution in [2.24, 2.45) is 4.99 Å². The number of amidine groups is 1. The maximum Gasteiger partial charge on any atom is 0.687 e. The van der Waals surface area contributed by atoms with Crippen molar-refractivity contribution in [1.82, 2.24) is 4.48 Å². The highest BCUT2D eigenvalue weighted by Gasteiger charge is 2.62. The molecule has 170 valence electrons. The normalized spacial score (nSPS) is 19.9. The third-order valence-corrected chi connectivity index (χ3v) is 9.17. The summed E-state index contributed by atoms with van der Waals surface area (Å²) in [6.45, 7) is -2.16. The van der Waals surface area contributed by atoms with Crippen LogP contribution in [0.1, 0.15) is 10.4 Å². The Morgan fingerprint density at radius 3 is 2.19 bits per heavy atom. The topological polar surface area (TPSA) is 38.8 Å². The SMILES string of the molecule is C1=C(c2ccccc2)C2=Nc3c(-c4ccccc4)cc4n3[B-]3(Oc5ccsc5C1=[N+]23)Oc1ccsc1-4. The molecule has 0 saturated heterocycles. The Kier molecular flexibility index (Phi) is 3.47. The molecule has 5 nitrogen and oxygen atoms in total. The van der Waals surface area contributed by atoms with Crippen molar-refractivity contribution in [3.8, 4) is 33.2 Å². The second kappa shape index (κ2) is 6.54. The summed E-state index contributed by atoms with van der Waals surface area (Å²) in [4.78, 5) is 7.56. The van der Waals surface area contributed by atoms with Gasteiger partial charge >= 0.3 is 6.82 Å². The monoisotopic (exact) mass is 501 g/mol. The van der Waals surface area contributed by atoms with Gasteiger partial charge in [-0.3, -0.25) is 0 Å². The Bertz CT molecular complexity index is 1850. The summed E-state index contributed by atoms with van der Waals surface area (Å²) in [6, 6.07) is 27.3. The summed E-state index contributed by atoms with van der Waals surface area (Å²) in [5.74, 6) is 3.43. The standard InChI is InChI=1S/C28H16BN3O2S2/c1-3-7-17(8-4-1)19-15-21-25-23(11-13-35-25)33-29-31(21)27(19)30-28-20(18-9-5-2-6-10-18)16-22(32(28)29)26-24(34-29)12-14-36-26/h1-16H. The van der Waals surface area contributed by atoms with Gasteiger partial charge in [-0.2, -0.15) is 0 Å². The highest BCUT2D eigenvalue weighted by molar-refractivity contribution is 7.14. The second-order valence-corrected chi connectivity index (χ2v) is 11.0. The molecule has 4 aliphatic heterocycles. The molecule has 0 N–H and O–H groups in total. The summed E-state index contributed by atoms with van der Waals surface area (Å²) < 4.78 is 18.2. The predicted octanol–water partition coefficient (Wildman–Crippen LogP) is 6.66. The molecule has 1 spiro atoms. The van der Waals surface area contributed by atoms with Gasteiger partial charge in [-0.25, -0.2) is 0 Å². The minimum Gasteiger partial charge on any atom is -0.623 e. The first-order chi connectivity index (χ1) is 17.8. The highest BCUT2D eigenvalue weighted by atomic mass is 32.1. The third kappa shape index (κ3) is 2.22. The van der Waals surface area contributed by atoms with Crippen LogP contribution >= 0.6 is 22.7 Å². The lowest BCUT2D eigenvalue weighted by molar-refractivity contribution is -0.305. The Morgan fingerprint density at radius 2 is 1.44 bits per heavy atom. The highest BCUT2D eigenvalue weighted by Crippen LogP contribution is 2.53. The van der Waals surface area contributed by atoms with Crippen molar-refractivity contribution >= 4 is 52.4 Å². The first kappa shape index (κ1) is 19.1. The average Bonchev–Trinajstić information content (AvgIpc) is 3.70. The zero-order valence-corrected chi connectivity index (χ0v) is 20.4. The van der Waals surface area contributed by atoms with Crippen molar-refractivity contribution in [3.63, 3.8) is 0 Å². The number of benzene rings is 2. The molecule has 5 aromatic rings. The van der Waals surface area contributed by atoms with E-state index in [1.54, 1.807) is 22.7 Å². The largest absolute Gasteiger partial charge is 0.687 e. The second-order valence-electron chi connectivity index (χ2n) is 9.21. The predicted molar refractivity (Wildman–Crippen MR) is 146 cm³/mol. The lowest BCUT2D eigenvalue weighted by Crippen LogP contribution is -2.70. The van der Waals surface area contributed by atoms with Gasteiger partial charge < -0.3 is 18.3 Å². The summed E-state index contributed by atoms with van der Waals surface area (Å²) in [5, 5.41) is 4.17. The Morgan fingerprint density at radius 1 is 0.778 bits per heavy atom. The Balaban J connectivity index is 1.43. The minimum absolute atomic E-state index is 0.851. The number of nitrogens with zero attached hydrogens (tertiary/aromatic N) is 3. The number of fused-ring (bicyclic) bond motifs is 4. The van der Waals surface area contributed by atoms with Crippen LogP contribution in [0.25, 0.3) is 27.3 Å². The van der Waals surface area contributed by atoms with Crippen LogP contribution in [0.5, 0.6) is 11.5 Å². The van der Waals surface area contributed by atoms with Crippen molar-refractivity contribution in [2.75, 3.05) is 0 Å². The molecular weight excluding hydrogens is 485 g/mol. The van der Waals surface area contributed by atoms with Crippen LogP contribution in [0.2, 0.25) is 0 Å². The van der Waals surface area contributed by atoms with E-state index in [1.807, 2.05) is 24.3 Å². The molecule has 0 amide bonds. The smallest absolute Gasteiger partial charge is 0.623 e. The van der Waals surface area contributed by atoms with E-state index in [4.69, 9.17) is 14.3 Å². The fourth-order valence-corrected chi connectivity index (χ4v) is 7.54. The van der Waals surface area contributed by atoms with Gasteiger partial charge in [0.1, 0.15) is 10.6 Å². The van der Waals surface area contributed by atoms with E-state index in [0.717, 1.165) is 66.6 Å². The summed E-state index contributed by atoms with van der Waals surface area (Å²) >= 11 is 3.37. The quantitative estimate of drug-likeness (QED) is 0.254. The molecular formula is C28H16BN3O2S2. The fraction of sp³-hybridized carbons (Fsp3) is 0. The fourth-order valence-electron chi connectivity index (χ4n) is 5.86. The first-order valence-electron chi connectivity index (χ1n) is 11.8. The Hall–Kier alpha value is -4.14. The van der Waals surface area contributed by atoms with E-state index in [0.29, 0.717) is 0 Å². The zero-order valence-electron chi connectivity index (χ0n) is 18.8. The number of aliphatic imine (C=N–C) groups is 1. The summed E-state index contributed by atoms with van der Waals surface area (Å²) in [6.07, 6.45) is 2.25. The van der Waals surface area contributed by atoms with Crippen LogP contribution in [0.15, 0.2) is 101 Å². The van der Waals surface area contributed by atoms with E-state index in [-0.39, 0.29) is 0 Å². The van der Waals surface area contributed by atoms with Gasteiger partial charge in [0.2, 0.25) is 5.82 Å². The lowest BCUT2D eigenvalue weighted by Gasteiger charge is -2.47. The molecule has 0 fully saturated rings. The first-order valence-corrected chi connectivity index (χ1v) is 13.6. The van der Waals surface area contributed by atoms with Crippen LogP contribution in [-0.4, -0.2) is 27.3 Å². The molecule has 8 heteroatoms. The van der Waals surface area contributed by atoms with Crippen molar-refractivity contribution in [1.29, 1.82) is 0 Å². The van der Waals surface area contributed by atoms with Gasteiger partial charge in [-0.05, 0) is 51.2 Å². The Labute approximate surface area is 214 Å². The molecule has 0 aliphatic carbocycles. The van der Waals surface area contributed by atoms with Crippen LogP contribution < -0.4 is 9.31 Å². The third-order valence-electron chi connectivity index (χ3n) is 7.34. The molecule has 0 saturated carbocycles. The zero-order chi connectivity index (χ0) is 23.4. The minimum atomic E-state index is -2.16. The van der Waals surface area contributed by atoms with Gasteiger partial charge in [-0.15, -0.1) is 22.7 Å². The summed E-state index contributed by atoms with van der Waals surface area (Å²) in [5.41, 5.74) is 6.54. The molecule has 2 aromatic carbocycles. The van der Waals surface area contributed by atoms with Gasteiger partial charge in [0.05, 0.1) is 21.9 Å². The van der Waals surface area contributed by atoms with E-state index >= 15 is 0 Å². The van der Waals surface area contributed by atoms with E-state index in [2.05, 4.69) is 80.4 Å². The van der Waals surface area contributed by atoms with Crippen molar-refractivity contribution < 1.29 is 13.8 Å². The van der Waals surface area contributed by atoms with E-state index < -0.39 is 6.82 Å². The van der Waals surface area contributed by atoms with Crippen LogP contribution in [0.4, 0.5) is 5.82 Å². The van der Waals surface area contributed by atoms with E-state index in [1.165, 1.54) is 0 Å². The average molecular weight is 501 g/mol. The van der Waals surface area contributed by atoms with Crippen molar-refractivity contribution in [2.45, 2.75) is 0 Å². The number of rotatable bonds is 2. The summed E-state index contributed by atoms with van der Waals surface area (Å²) in [7, 11) is 0. The molecule has 9 rings (SSSR count). The molecule has 1 atom stereocenters. The van der Waals surface area contributed by atoms with Crippen molar-refractivity contribution in [3.05, 3.63) is 106 Å². The maximum atomic E-state index is 6.92.